The molecule has 0 heterocycles. The van der Waals surface area contributed by atoms with Crippen molar-refractivity contribution in [1.82, 2.24) is 0 Å². The molecule has 0 fully saturated rings. The lowest BCUT2D eigenvalue weighted by Crippen LogP contribution is -2.53. The van der Waals surface area contributed by atoms with Crippen LogP contribution in [0.3, 0.4) is 0 Å². The van der Waals surface area contributed by atoms with Gasteiger partial charge in [-0.2, -0.15) is 0 Å². The van der Waals surface area contributed by atoms with Crippen LogP contribution in [0.25, 0.3) is 0 Å². The molecule has 0 spiro atoms. The molecule has 0 aliphatic carbocycles. The van der Waals surface area contributed by atoms with Crippen LogP contribution in [0.15, 0.2) is 0 Å². The maximum absolute atomic E-state index is 6.17. The number of hydrogen-bond donors (Lipinski definition) is 0. The predicted octanol–water partition coefficient (Wildman–Crippen LogP) is 4.64. The van der Waals surface area contributed by atoms with Crippen molar-refractivity contribution in [2.75, 3.05) is 19.8 Å². The molecule has 0 saturated heterocycles. The van der Waals surface area contributed by atoms with E-state index in [2.05, 4.69) is 48.5 Å². The summed E-state index contributed by atoms with van der Waals surface area (Å²) in [5.74, 6) is 0. The first-order valence-corrected chi connectivity index (χ1v) is 9.56. The van der Waals surface area contributed by atoms with Gasteiger partial charge in [-0.15, -0.1) is 0 Å². The average molecular weight is 291 g/mol. The van der Waals surface area contributed by atoms with E-state index in [1.165, 1.54) is 0 Å². The molecular weight excluding hydrogens is 256 g/mol. The highest BCUT2D eigenvalue weighted by Gasteiger charge is 2.51. The van der Waals surface area contributed by atoms with Gasteiger partial charge in [-0.05, 0) is 24.7 Å². The molecule has 1 unspecified atom stereocenters. The molecule has 0 aromatic heterocycles. The first-order chi connectivity index (χ1) is 8.84. The molecule has 0 N–H and O–H groups in total. The summed E-state index contributed by atoms with van der Waals surface area (Å²) in [4.78, 5) is 0. The van der Waals surface area contributed by atoms with Gasteiger partial charge in [0.2, 0.25) is 0 Å². The van der Waals surface area contributed by atoms with Crippen LogP contribution in [0.2, 0.25) is 5.54 Å². The monoisotopic (exact) mass is 290 g/mol. The van der Waals surface area contributed by atoms with Gasteiger partial charge in [0.25, 0.3) is 0 Å². The van der Waals surface area contributed by atoms with Gasteiger partial charge in [0.15, 0.2) is 0 Å². The van der Waals surface area contributed by atoms with Gasteiger partial charge in [-0.3, -0.25) is 0 Å². The Morgan fingerprint density at radius 1 is 0.789 bits per heavy atom. The second-order valence-electron chi connectivity index (χ2n) is 6.24. The fourth-order valence-corrected chi connectivity index (χ4v) is 5.29. The molecule has 0 aliphatic rings. The third-order valence-electron chi connectivity index (χ3n) is 3.35. The van der Waals surface area contributed by atoms with Crippen LogP contribution in [0.1, 0.15) is 67.7 Å². The van der Waals surface area contributed by atoms with Crippen molar-refractivity contribution in [2.45, 2.75) is 73.3 Å². The van der Waals surface area contributed by atoms with Crippen molar-refractivity contribution in [1.29, 1.82) is 0 Å². The van der Waals surface area contributed by atoms with Crippen molar-refractivity contribution in [3.8, 4) is 0 Å². The summed E-state index contributed by atoms with van der Waals surface area (Å²) in [7, 11) is -2.60. The molecule has 0 amide bonds. The molecule has 0 saturated carbocycles. The lowest BCUT2D eigenvalue weighted by atomic mass is 9.93. The normalized spacial score (nSPS) is 14.7. The zero-order chi connectivity index (χ0) is 14.9. The molecule has 0 bridgehead atoms. The molecule has 0 aromatic rings. The largest absolute Gasteiger partial charge is 0.504 e. The first kappa shape index (κ1) is 19.1. The zero-order valence-electron chi connectivity index (χ0n) is 14.0. The third-order valence-corrected chi connectivity index (χ3v) is 7.10. The second-order valence-corrected chi connectivity index (χ2v) is 9.18. The van der Waals surface area contributed by atoms with Crippen molar-refractivity contribution in [2.24, 2.45) is 5.41 Å². The Morgan fingerprint density at radius 2 is 1.11 bits per heavy atom. The summed E-state index contributed by atoms with van der Waals surface area (Å²) in [5.41, 5.74) is 0.422. The second kappa shape index (κ2) is 9.11. The Bertz CT molecular complexity index is 204. The SMILES string of the molecule is CCCO[Si](OCCC)(OCCC)C(C)C(C)(C)C. The van der Waals surface area contributed by atoms with Gasteiger partial charge in [-0.25, -0.2) is 0 Å². The van der Waals surface area contributed by atoms with Crippen LogP contribution in [0.5, 0.6) is 0 Å². The summed E-state index contributed by atoms with van der Waals surface area (Å²) >= 11 is 0. The quantitative estimate of drug-likeness (QED) is 0.548. The average Bonchev–Trinajstić information content (AvgIpc) is 2.36. The maximum atomic E-state index is 6.17. The van der Waals surface area contributed by atoms with Gasteiger partial charge >= 0.3 is 8.80 Å². The summed E-state index contributed by atoms with van der Waals surface area (Å²) in [6.45, 7) is 17.5. The Balaban J connectivity index is 5.07. The Labute approximate surface area is 121 Å². The Hall–Kier alpha value is 0.0969. The molecule has 0 aromatic carbocycles. The summed E-state index contributed by atoms with van der Waals surface area (Å²) in [6.07, 6.45) is 2.99. The van der Waals surface area contributed by atoms with Crippen molar-refractivity contribution >= 4 is 8.80 Å². The highest BCUT2D eigenvalue weighted by atomic mass is 28.4. The Kier molecular flexibility index (Phi) is 9.16. The molecule has 0 rings (SSSR count). The minimum atomic E-state index is -2.60. The topological polar surface area (TPSA) is 27.7 Å². The van der Waals surface area contributed by atoms with E-state index in [1.807, 2.05) is 0 Å². The summed E-state index contributed by atoms with van der Waals surface area (Å²) < 4.78 is 18.5. The van der Waals surface area contributed by atoms with E-state index in [4.69, 9.17) is 13.3 Å². The summed E-state index contributed by atoms with van der Waals surface area (Å²) in [5, 5.41) is 0. The highest BCUT2D eigenvalue weighted by molar-refractivity contribution is 6.62. The molecule has 19 heavy (non-hydrogen) atoms. The van der Waals surface area contributed by atoms with E-state index in [-0.39, 0.29) is 5.41 Å². The van der Waals surface area contributed by atoms with E-state index in [9.17, 15) is 0 Å². The van der Waals surface area contributed by atoms with E-state index in [0.29, 0.717) is 5.54 Å². The van der Waals surface area contributed by atoms with Crippen LogP contribution >= 0.6 is 0 Å². The van der Waals surface area contributed by atoms with Gasteiger partial charge in [-0.1, -0.05) is 48.5 Å². The lowest BCUT2D eigenvalue weighted by molar-refractivity contribution is 0.0386. The molecule has 3 nitrogen and oxygen atoms in total. The first-order valence-electron chi connectivity index (χ1n) is 7.75. The standard InChI is InChI=1S/C15H34O3Si/c1-8-11-16-19(17-12-9-2,18-13-10-3)14(4)15(5,6)7/h14H,8-13H2,1-7H3. The lowest BCUT2D eigenvalue weighted by Gasteiger charge is -2.40. The fraction of sp³-hybridized carbons (Fsp3) is 1.00. The van der Waals surface area contributed by atoms with Crippen LogP contribution < -0.4 is 0 Å². The van der Waals surface area contributed by atoms with Crippen molar-refractivity contribution < 1.29 is 13.3 Å². The van der Waals surface area contributed by atoms with Gasteiger partial charge < -0.3 is 13.3 Å². The van der Waals surface area contributed by atoms with E-state index in [1.54, 1.807) is 0 Å². The minimum Gasteiger partial charge on any atom is -0.373 e. The Morgan fingerprint density at radius 3 is 1.32 bits per heavy atom. The highest BCUT2D eigenvalue weighted by Crippen LogP contribution is 2.40. The van der Waals surface area contributed by atoms with Crippen LogP contribution in [-0.2, 0) is 13.3 Å². The smallest absolute Gasteiger partial charge is 0.373 e. The van der Waals surface area contributed by atoms with Crippen LogP contribution in [-0.4, -0.2) is 28.6 Å². The molecule has 4 heteroatoms. The molecule has 0 radical (unpaired) electrons. The van der Waals surface area contributed by atoms with Gasteiger partial charge in [0, 0.05) is 25.4 Å². The third kappa shape index (κ3) is 6.39. The maximum Gasteiger partial charge on any atom is 0.504 e. The van der Waals surface area contributed by atoms with Crippen molar-refractivity contribution in [3.05, 3.63) is 0 Å². The van der Waals surface area contributed by atoms with Crippen molar-refractivity contribution in [3.63, 3.8) is 0 Å². The van der Waals surface area contributed by atoms with Crippen LogP contribution in [0, 0.1) is 5.41 Å². The van der Waals surface area contributed by atoms with Crippen LogP contribution in [0.4, 0.5) is 0 Å². The molecular formula is C15H34O3Si. The van der Waals surface area contributed by atoms with E-state index in [0.717, 1.165) is 39.1 Å². The van der Waals surface area contributed by atoms with Gasteiger partial charge in [0.1, 0.15) is 0 Å². The van der Waals surface area contributed by atoms with E-state index >= 15 is 0 Å². The van der Waals surface area contributed by atoms with E-state index < -0.39 is 8.80 Å². The number of rotatable bonds is 10. The fourth-order valence-electron chi connectivity index (χ4n) is 1.76. The van der Waals surface area contributed by atoms with Gasteiger partial charge in [0.05, 0.1) is 0 Å². The minimum absolute atomic E-state index is 0.126. The molecule has 0 aliphatic heterocycles. The summed E-state index contributed by atoms with van der Waals surface area (Å²) in [6, 6.07) is 0. The molecule has 116 valence electrons. The molecule has 1 atom stereocenters. The zero-order valence-corrected chi connectivity index (χ0v) is 15.0. The number of hydrogen-bond acceptors (Lipinski definition) is 3. The predicted molar refractivity (Wildman–Crippen MR) is 83.4 cm³/mol.